The molecule has 11 heteroatoms. The molecule has 2 heterocycles. The second kappa shape index (κ2) is 11.8. The molecule has 0 N–H and O–H groups in total. The minimum absolute atomic E-state index is 0.269. The summed E-state index contributed by atoms with van der Waals surface area (Å²) in [7, 11) is 0. The molecule has 1 saturated carbocycles. The van der Waals surface area contributed by atoms with Gasteiger partial charge in [0.05, 0.1) is 15.9 Å². The first-order valence-electron chi connectivity index (χ1n) is 11.9. The van der Waals surface area contributed by atoms with Crippen molar-refractivity contribution in [1.29, 1.82) is 0 Å². The maximum Gasteiger partial charge on any atom is 0.276 e. The van der Waals surface area contributed by atoms with E-state index in [0.717, 1.165) is 42.9 Å². The molecule has 10 nitrogen and oxygen atoms in total. The van der Waals surface area contributed by atoms with Gasteiger partial charge < -0.3 is 0 Å². The fourth-order valence-corrected chi connectivity index (χ4v) is 4.70. The van der Waals surface area contributed by atoms with E-state index in [1.807, 2.05) is 6.07 Å². The zero-order valence-corrected chi connectivity index (χ0v) is 20.7. The van der Waals surface area contributed by atoms with E-state index in [1.54, 1.807) is 12.4 Å². The van der Waals surface area contributed by atoms with Crippen LogP contribution in [0, 0.1) is 32.1 Å². The first kappa shape index (κ1) is 25.3. The number of benzene rings is 1. The molecule has 0 saturated heterocycles. The number of hydrogen-bond acceptors (Lipinski definition) is 8. The predicted molar refractivity (Wildman–Crippen MR) is 136 cm³/mol. The second-order valence-electron chi connectivity index (χ2n) is 8.64. The first-order valence-corrected chi connectivity index (χ1v) is 12.9. The van der Waals surface area contributed by atoms with Crippen LogP contribution in [0.2, 0.25) is 0 Å². The minimum Gasteiger partial charge on any atom is -0.299 e. The number of rotatable bonds is 11. The van der Waals surface area contributed by atoms with E-state index >= 15 is 0 Å². The normalized spacial score (nSPS) is 12.7. The number of nitro groups is 2. The van der Waals surface area contributed by atoms with Crippen LogP contribution in [0.5, 0.6) is 0 Å². The van der Waals surface area contributed by atoms with Gasteiger partial charge in [0, 0.05) is 53.9 Å². The van der Waals surface area contributed by atoms with Crippen LogP contribution in [0.3, 0.4) is 0 Å². The van der Waals surface area contributed by atoms with Gasteiger partial charge in [0.25, 0.3) is 11.4 Å². The van der Waals surface area contributed by atoms with Crippen LogP contribution in [0.15, 0.2) is 41.8 Å². The second-order valence-corrected chi connectivity index (χ2v) is 9.59. The molecule has 36 heavy (non-hydrogen) atoms. The molecule has 0 unspecified atom stereocenters. The topological polar surface area (TPSA) is 130 Å². The van der Waals surface area contributed by atoms with Gasteiger partial charge in [0.1, 0.15) is 0 Å². The van der Waals surface area contributed by atoms with Gasteiger partial charge in [-0.1, -0.05) is 49.8 Å². The monoisotopic (exact) mass is 506 g/mol. The van der Waals surface area contributed by atoms with Crippen LogP contribution in [0.4, 0.5) is 11.4 Å². The van der Waals surface area contributed by atoms with Crippen LogP contribution in [-0.4, -0.2) is 29.6 Å². The van der Waals surface area contributed by atoms with Crippen LogP contribution < -0.4 is 0 Å². The number of nitrogens with zero attached hydrogens (tertiary/aromatic N) is 6. The predicted octanol–water partition coefficient (Wildman–Crippen LogP) is 6.11. The smallest absolute Gasteiger partial charge is 0.276 e. The molecule has 2 aromatic heterocycles. The van der Waals surface area contributed by atoms with Crippen molar-refractivity contribution in [3.63, 3.8) is 0 Å². The molecule has 0 bridgehead atoms. The number of hydrogen-bond donors (Lipinski definition) is 0. The van der Waals surface area contributed by atoms with E-state index in [9.17, 15) is 20.2 Å². The van der Waals surface area contributed by atoms with Gasteiger partial charge in [-0.05, 0) is 30.9 Å². The maximum absolute atomic E-state index is 11.2. The van der Waals surface area contributed by atoms with E-state index in [-0.39, 0.29) is 23.2 Å². The highest BCUT2D eigenvalue weighted by Crippen LogP contribution is 2.41. The molecule has 0 spiro atoms. The third-order valence-electron chi connectivity index (χ3n) is 5.71. The molecular weight excluding hydrogens is 480 g/mol. The fraction of sp³-hybridized carbons (Fsp3) is 0.400. The lowest BCUT2D eigenvalue weighted by Crippen LogP contribution is -2.01. The summed E-state index contributed by atoms with van der Waals surface area (Å²) in [5.41, 5.74) is 1.51. The molecule has 0 atom stereocenters. The largest absolute Gasteiger partial charge is 0.299 e. The fourth-order valence-electron chi connectivity index (χ4n) is 3.77. The summed E-state index contributed by atoms with van der Waals surface area (Å²) in [4.78, 5) is 25.5. The quantitative estimate of drug-likeness (QED) is 0.100. The molecule has 1 aliphatic carbocycles. The number of non-ortho nitro benzene ring substituents is 2. The Labute approximate surface area is 212 Å². The molecule has 0 aliphatic heterocycles. The lowest BCUT2D eigenvalue weighted by molar-refractivity contribution is -0.394. The molecule has 0 amide bonds. The summed E-state index contributed by atoms with van der Waals surface area (Å²) in [6, 6.07) is 5.91. The van der Waals surface area contributed by atoms with Gasteiger partial charge in [-0.2, -0.15) is 0 Å². The van der Waals surface area contributed by atoms with Gasteiger partial charge in [-0.25, -0.2) is 0 Å². The average Bonchev–Trinajstić information content (AvgIpc) is 3.63. The maximum atomic E-state index is 11.2. The lowest BCUT2D eigenvalue weighted by atomic mass is 10.1. The standard InChI is InChI=1S/C25H26N6O4S/c1-2-3-4-5-6-7-8-18-11-20(16-26-15-18)24-27-28-25(29(24)21-9-10-21)36-17-19-12-22(30(32)33)14-23(13-19)31(34)35/h11-16,21H,2-6,9-10,17H2,1H3. The Hall–Kier alpha value is -3.78. The Morgan fingerprint density at radius 1 is 1.03 bits per heavy atom. The van der Waals surface area contributed by atoms with Gasteiger partial charge in [0.2, 0.25) is 0 Å². The molecule has 186 valence electrons. The van der Waals surface area contributed by atoms with E-state index in [1.165, 1.54) is 43.2 Å². The van der Waals surface area contributed by atoms with Crippen molar-refractivity contribution in [2.24, 2.45) is 0 Å². The third kappa shape index (κ3) is 6.46. The summed E-state index contributed by atoms with van der Waals surface area (Å²) in [5, 5.41) is 31.8. The zero-order chi connectivity index (χ0) is 25.5. The molecule has 1 fully saturated rings. The SMILES string of the molecule is CCCCCCC#Cc1cncc(-c2nnc(SCc3cc([N+](=O)[O-])cc([N+](=O)[O-])c3)n2C2CC2)c1. The van der Waals surface area contributed by atoms with Crippen molar-refractivity contribution < 1.29 is 9.85 Å². The van der Waals surface area contributed by atoms with Crippen LogP contribution >= 0.6 is 11.8 Å². The Kier molecular flexibility index (Phi) is 8.28. The van der Waals surface area contributed by atoms with Gasteiger partial charge >= 0.3 is 0 Å². The zero-order valence-electron chi connectivity index (χ0n) is 19.9. The summed E-state index contributed by atoms with van der Waals surface area (Å²) in [5.74, 6) is 7.40. The lowest BCUT2D eigenvalue weighted by Gasteiger charge is -2.09. The number of unbranched alkanes of at least 4 members (excludes halogenated alkanes) is 4. The van der Waals surface area contributed by atoms with Crippen LogP contribution in [0.25, 0.3) is 11.4 Å². The van der Waals surface area contributed by atoms with Crippen molar-refractivity contribution in [2.45, 2.75) is 68.8 Å². The Morgan fingerprint density at radius 2 is 1.78 bits per heavy atom. The van der Waals surface area contributed by atoms with Gasteiger partial charge in [-0.3, -0.25) is 29.8 Å². The molecular formula is C25H26N6O4S. The third-order valence-corrected chi connectivity index (χ3v) is 6.73. The number of thioether (sulfide) groups is 1. The van der Waals surface area contributed by atoms with Crippen molar-refractivity contribution in [2.75, 3.05) is 0 Å². The first-order chi connectivity index (χ1) is 17.5. The van der Waals surface area contributed by atoms with E-state index in [2.05, 4.69) is 38.5 Å². The molecule has 1 aliphatic rings. The number of aromatic nitrogens is 4. The Balaban J connectivity index is 1.53. The van der Waals surface area contributed by atoms with E-state index < -0.39 is 9.85 Å². The number of nitro benzene ring substituents is 2. The average molecular weight is 507 g/mol. The summed E-state index contributed by atoms with van der Waals surface area (Å²) < 4.78 is 2.06. The van der Waals surface area contributed by atoms with Crippen molar-refractivity contribution in [3.8, 4) is 23.2 Å². The molecule has 4 rings (SSSR count). The number of pyridine rings is 1. The van der Waals surface area contributed by atoms with Crippen molar-refractivity contribution in [1.82, 2.24) is 19.7 Å². The van der Waals surface area contributed by atoms with E-state index in [0.29, 0.717) is 16.5 Å². The summed E-state index contributed by atoms with van der Waals surface area (Å²) in [6.45, 7) is 2.19. The highest BCUT2D eigenvalue weighted by molar-refractivity contribution is 7.98. The van der Waals surface area contributed by atoms with Crippen LogP contribution in [0.1, 0.15) is 69.0 Å². The molecule has 0 radical (unpaired) electrons. The molecule has 3 aromatic rings. The van der Waals surface area contributed by atoms with Crippen LogP contribution in [-0.2, 0) is 5.75 Å². The Morgan fingerprint density at radius 3 is 2.44 bits per heavy atom. The molecule has 1 aromatic carbocycles. The van der Waals surface area contributed by atoms with E-state index in [4.69, 9.17) is 0 Å². The van der Waals surface area contributed by atoms with Gasteiger partial charge in [0.15, 0.2) is 11.0 Å². The minimum atomic E-state index is -0.625. The van der Waals surface area contributed by atoms with Crippen molar-refractivity contribution in [3.05, 3.63) is 68.0 Å². The summed E-state index contributed by atoms with van der Waals surface area (Å²) >= 11 is 1.35. The highest BCUT2D eigenvalue weighted by Gasteiger charge is 2.30. The van der Waals surface area contributed by atoms with Gasteiger partial charge in [-0.15, -0.1) is 10.2 Å². The van der Waals surface area contributed by atoms with Crippen molar-refractivity contribution >= 4 is 23.1 Å². The summed E-state index contributed by atoms with van der Waals surface area (Å²) in [6.07, 6.45) is 11.1. The Bertz CT molecular complexity index is 1290. The highest BCUT2D eigenvalue weighted by atomic mass is 32.2.